The SMILES string of the molecule is O=C(O)c1c(OC2CN(C(=O)C3CCCC3)C2)ccc(CCB(O)O)c1O. The molecule has 0 radical (unpaired) electrons. The number of carbonyl (C=O) groups excluding carboxylic acids is 1. The number of carboxylic acids is 1. The van der Waals surface area contributed by atoms with E-state index < -0.39 is 18.8 Å². The van der Waals surface area contributed by atoms with Gasteiger partial charge in [-0.1, -0.05) is 18.9 Å². The lowest BCUT2D eigenvalue weighted by molar-refractivity contribution is -0.144. The summed E-state index contributed by atoms with van der Waals surface area (Å²) in [4.78, 5) is 25.6. The zero-order chi connectivity index (χ0) is 19.6. The monoisotopic (exact) mass is 377 g/mol. The fourth-order valence-electron chi connectivity index (χ4n) is 3.71. The molecule has 146 valence electrons. The molecule has 1 aliphatic carbocycles. The number of amides is 1. The van der Waals surface area contributed by atoms with Crippen molar-refractivity contribution in [3.8, 4) is 11.5 Å². The lowest BCUT2D eigenvalue weighted by atomic mass is 9.82. The van der Waals surface area contributed by atoms with Gasteiger partial charge < -0.3 is 29.9 Å². The molecule has 1 aromatic rings. The Kier molecular flexibility index (Phi) is 5.91. The van der Waals surface area contributed by atoms with Gasteiger partial charge in [-0.15, -0.1) is 0 Å². The molecule has 3 rings (SSSR count). The van der Waals surface area contributed by atoms with Gasteiger partial charge in [-0.3, -0.25) is 4.79 Å². The number of aromatic hydroxyl groups is 1. The van der Waals surface area contributed by atoms with E-state index in [1.54, 1.807) is 4.90 Å². The lowest BCUT2D eigenvalue weighted by Gasteiger charge is -2.40. The first-order valence-electron chi connectivity index (χ1n) is 9.26. The number of ether oxygens (including phenoxy) is 1. The molecular weight excluding hydrogens is 353 g/mol. The van der Waals surface area contributed by atoms with Crippen LogP contribution in [0, 0.1) is 5.92 Å². The Morgan fingerprint density at radius 1 is 1.19 bits per heavy atom. The summed E-state index contributed by atoms with van der Waals surface area (Å²) < 4.78 is 5.71. The van der Waals surface area contributed by atoms with Crippen LogP contribution < -0.4 is 4.74 Å². The van der Waals surface area contributed by atoms with Gasteiger partial charge in [-0.05, 0) is 37.2 Å². The Hall–Kier alpha value is -2.26. The Bertz CT molecular complexity index is 712. The van der Waals surface area contributed by atoms with Crippen LogP contribution >= 0.6 is 0 Å². The van der Waals surface area contributed by atoms with Crippen molar-refractivity contribution in [2.75, 3.05) is 13.1 Å². The number of benzene rings is 1. The standard InChI is InChI=1S/C18H24BNO7/c21-16-11(7-8-19(25)26)5-6-14(15(16)18(23)24)27-13-9-20(10-13)17(22)12-3-1-2-4-12/h5-6,12-13,21,25-26H,1-4,7-10H2,(H,23,24). The summed E-state index contributed by atoms with van der Waals surface area (Å²) in [6.07, 6.45) is 3.84. The van der Waals surface area contributed by atoms with Crippen LogP contribution in [0.25, 0.3) is 0 Å². The van der Waals surface area contributed by atoms with E-state index in [-0.39, 0.29) is 42.0 Å². The second-order valence-corrected chi connectivity index (χ2v) is 7.24. The van der Waals surface area contributed by atoms with Gasteiger partial charge in [0, 0.05) is 5.92 Å². The normalized spacial score (nSPS) is 17.6. The summed E-state index contributed by atoms with van der Waals surface area (Å²) in [6, 6.07) is 2.98. The first-order chi connectivity index (χ1) is 12.9. The van der Waals surface area contributed by atoms with Crippen molar-refractivity contribution in [3.63, 3.8) is 0 Å². The minimum atomic E-state index is -1.54. The van der Waals surface area contributed by atoms with Gasteiger partial charge in [0.25, 0.3) is 0 Å². The highest BCUT2D eigenvalue weighted by Gasteiger charge is 2.37. The van der Waals surface area contributed by atoms with Crippen LogP contribution in [0.5, 0.6) is 11.5 Å². The number of likely N-dealkylation sites (tertiary alicyclic amines) is 1. The molecule has 2 aliphatic rings. The van der Waals surface area contributed by atoms with Gasteiger partial charge in [0.1, 0.15) is 23.2 Å². The third kappa shape index (κ3) is 4.36. The zero-order valence-corrected chi connectivity index (χ0v) is 15.0. The second kappa shape index (κ2) is 8.18. The van der Waals surface area contributed by atoms with Crippen LogP contribution in [0.15, 0.2) is 12.1 Å². The number of aromatic carboxylic acids is 1. The third-order valence-corrected chi connectivity index (χ3v) is 5.27. The van der Waals surface area contributed by atoms with E-state index >= 15 is 0 Å². The van der Waals surface area contributed by atoms with Crippen LogP contribution in [0.1, 0.15) is 41.6 Å². The predicted octanol–water partition coefficient (Wildman–Crippen LogP) is 0.885. The van der Waals surface area contributed by atoms with E-state index in [9.17, 15) is 19.8 Å². The Balaban J connectivity index is 1.64. The average molecular weight is 377 g/mol. The van der Waals surface area contributed by atoms with Crippen molar-refractivity contribution < 1.29 is 34.6 Å². The molecule has 1 aromatic carbocycles. The maximum Gasteiger partial charge on any atom is 0.451 e. The molecule has 8 nitrogen and oxygen atoms in total. The highest BCUT2D eigenvalue weighted by atomic mass is 16.5. The van der Waals surface area contributed by atoms with E-state index in [2.05, 4.69) is 0 Å². The fourth-order valence-corrected chi connectivity index (χ4v) is 3.71. The predicted molar refractivity (Wildman–Crippen MR) is 96.7 cm³/mol. The molecule has 0 bridgehead atoms. The summed E-state index contributed by atoms with van der Waals surface area (Å²) in [5.41, 5.74) is -0.0417. The molecule has 4 N–H and O–H groups in total. The van der Waals surface area contributed by atoms with Gasteiger partial charge in [-0.2, -0.15) is 0 Å². The molecule has 9 heteroatoms. The van der Waals surface area contributed by atoms with Crippen LogP contribution in [-0.4, -0.2) is 63.3 Å². The first-order valence-corrected chi connectivity index (χ1v) is 9.26. The van der Waals surface area contributed by atoms with E-state index in [1.165, 1.54) is 12.1 Å². The number of carboxylic acid groups (broad SMARTS) is 1. The topological polar surface area (TPSA) is 128 Å². The molecule has 0 unspecified atom stereocenters. The molecule has 1 saturated heterocycles. The van der Waals surface area contributed by atoms with Crippen LogP contribution in [-0.2, 0) is 11.2 Å². The number of nitrogens with zero attached hydrogens (tertiary/aromatic N) is 1. The minimum absolute atomic E-state index is 0.0202. The highest BCUT2D eigenvalue weighted by Crippen LogP contribution is 2.34. The Morgan fingerprint density at radius 3 is 2.44 bits per heavy atom. The first kappa shape index (κ1) is 19.5. The Labute approximate surface area is 157 Å². The highest BCUT2D eigenvalue weighted by molar-refractivity contribution is 6.41. The van der Waals surface area contributed by atoms with E-state index in [0.29, 0.717) is 18.7 Å². The van der Waals surface area contributed by atoms with Crippen molar-refractivity contribution in [2.45, 2.75) is 44.5 Å². The van der Waals surface area contributed by atoms with Crippen molar-refractivity contribution in [3.05, 3.63) is 23.3 Å². The van der Waals surface area contributed by atoms with Gasteiger partial charge in [0.2, 0.25) is 5.91 Å². The summed E-state index contributed by atoms with van der Waals surface area (Å²) in [5, 5.41) is 37.6. The number of rotatable bonds is 7. The van der Waals surface area contributed by atoms with Crippen molar-refractivity contribution in [1.82, 2.24) is 4.90 Å². The molecule has 1 aliphatic heterocycles. The van der Waals surface area contributed by atoms with Gasteiger partial charge >= 0.3 is 13.1 Å². The number of carbonyl (C=O) groups is 2. The number of phenols is 1. The second-order valence-electron chi connectivity index (χ2n) is 7.24. The number of aryl methyl sites for hydroxylation is 1. The molecule has 1 heterocycles. The van der Waals surface area contributed by atoms with E-state index in [0.717, 1.165) is 25.7 Å². The summed E-state index contributed by atoms with van der Waals surface area (Å²) in [5.74, 6) is -1.46. The maximum atomic E-state index is 12.3. The average Bonchev–Trinajstić information content (AvgIpc) is 3.10. The van der Waals surface area contributed by atoms with Crippen LogP contribution in [0.4, 0.5) is 0 Å². The molecule has 0 aromatic heterocycles. The third-order valence-electron chi connectivity index (χ3n) is 5.27. The molecule has 27 heavy (non-hydrogen) atoms. The number of hydrogen-bond donors (Lipinski definition) is 4. The van der Waals surface area contributed by atoms with Crippen molar-refractivity contribution in [1.29, 1.82) is 0 Å². The smallest absolute Gasteiger partial charge is 0.451 e. The largest absolute Gasteiger partial charge is 0.507 e. The fraction of sp³-hybridized carbons (Fsp3) is 0.556. The van der Waals surface area contributed by atoms with Gasteiger partial charge in [0.05, 0.1) is 13.1 Å². The summed E-state index contributed by atoms with van der Waals surface area (Å²) in [7, 11) is -1.54. The minimum Gasteiger partial charge on any atom is -0.507 e. The Morgan fingerprint density at radius 2 is 1.85 bits per heavy atom. The van der Waals surface area contributed by atoms with E-state index in [4.69, 9.17) is 14.8 Å². The van der Waals surface area contributed by atoms with Crippen LogP contribution in [0.2, 0.25) is 6.32 Å². The van der Waals surface area contributed by atoms with Crippen molar-refractivity contribution in [2.24, 2.45) is 5.92 Å². The van der Waals surface area contributed by atoms with E-state index in [1.807, 2.05) is 0 Å². The zero-order valence-electron chi connectivity index (χ0n) is 15.0. The maximum absolute atomic E-state index is 12.3. The molecule has 0 atom stereocenters. The quantitative estimate of drug-likeness (QED) is 0.520. The molecule has 0 spiro atoms. The van der Waals surface area contributed by atoms with Gasteiger partial charge in [-0.25, -0.2) is 4.79 Å². The van der Waals surface area contributed by atoms with Crippen molar-refractivity contribution >= 4 is 19.0 Å². The summed E-state index contributed by atoms with van der Waals surface area (Å²) >= 11 is 0. The van der Waals surface area contributed by atoms with Crippen LogP contribution in [0.3, 0.4) is 0 Å². The lowest BCUT2D eigenvalue weighted by Crippen LogP contribution is -2.57. The van der Waals surface area contributed by atoms with Gasteiger partial charge in [0.15, 0.2) is 0 Å². The molecular formula is C18H24BNO7. The number of hydrogen-bond acceptors (Lipinski definition) is 6. The molecule has 1 amide bonds. The molecule has 1 saturated carbocycles. The summed E-state index contributed by atoms with van der Waals surface area (Å²) in [6.45, 7) is 0.821. The molecule has 2 fully saturated rings.